The highest BCUT2D eigenvalue weighted by atomic mass is 19.4. The zero-order valence-corrected chi connectivity index (χ0v) is 8.93. The topological polar surface area (TPSA) is 24.9 Å². The van der Waals surface area contributed by atoms with E-state index in [1.54, 1.807) is 6.92 Å². The fraction of sp³-hybridized carbons (Fsp3) is 0.545. The Bertz CT molecular complexity index is 381. The molecule has 0 aliphatic carbocycles. The van der Waals surface area contributed by atoms with Crippen LogP contribution in [0.5, 0.6) is 0 Å². The SMILES string of the molecule is CC1(c2cnccc2C(F)(F)F)CCCN1. The molecule has 0 saturated carbocycles. The van der Waals surface area contributed by atoms with Crippen molar-refractivity contribution in [3.63, 3.8) is 0 Å². The molecule has 0 amide bonds. The molecule has 1 unspecified atom stereocenters. The second-order valence-corrected chi connectivity index (χ2v) is 4.28. The van der Waals surface area contributed by atoms with E-state index < -0.39 is 17.3 Å². The lowest BCUT2D eigenvalue weighted by Crippen LogP contribution is -2.35. The molecular formula is C11H13F3N2. The summed E-state index contributed by atoms with van der Waals surface area (Å²) in [5.74, 6) is 0. The Kier molecular flexibility index (Phi) is 2.66. The number of alkyl halides is 3. The Morgan fingerprint density at radius 1 is 1.44 bits per heavy atom. The Labute approximate surface area is 91.9 Å². The van der Waals surface area contributed by atoms with Crippen LogP contribution >= 0.6 is 0 Å². The Hall–Kier alpha value is -1.10. The van der Waals surface area contributed by atoms with Crippen LogP contribution in [-0.2, 0) is 11.7 Å². The fourth-order valence-electron chi connectivity index (χ4n) is 2.21. The summed E-state index contributed by atoms with van der Waals surface area (Å²) >= 11 is 0. The average molecular weight is 230 g/mol. The third-order valence-electron chi connectivity index (χ3n) is 3.09. The van der Waals surface area contributed by atoms with Gasteiger partial charge in [-0.3, -0.25) is 4.98 Å². The minimum absolute atomic E-state index is 0.250. The zero-order chi connectivity index (χ0) is 11.8. The molecule has 2 rings (SSSR count). The molecular weight excluding hydrogens is 217 g/mol. The third kappa shape index (κ3) is 1.91. The first kappa shape index (κ1) is 11.4. The van der Waals surface area contributed by atoms with E-state index in [1.807, 2.05) is 0 Å². The molecule has 1 N–H and O–H groups in total. The molecule has 0 radical (unpaired) electrons. The lowest BCUT2D eigenvalue weighted by Gasteiger charge is -2.27. The number of nitrogens with zero attached hydrogens (tertiary/aromatic N) is 1. The predicted octanol–water partition coefficient (Wildman–Crippen LogP) is 2.70. The van der Waals surface area contributed by atoms with Gasteiger partial charge in [0.05, 0.1) is 5.56 Å². The van der Waals surface area contributed by atoms with Crippen molar-refractivity contribution in [2.75, 3.05) is 6.54 Å². The smallest absolute Gasteiger partial charge is 0.308 e. The summed E-state index contributed by atoms with van der Waals surface area (Å²) in [7, 11) is 0. The van der Waals surface area contributed by atoms with Crippen molar-refractivity contribution >= 4 is 0 Å². The monoisotopic (exact) mass is 230 g/mol. The summed E-state index contributed by atoms with van der Waals surface area (Å²) in [5, 5.41) is 3.12. The van der Waals surface area contributed by atoms with Crippen LogP contribution in [0.15, 0.2) is 18.5 Å². The van der Waals surface area contributed by atoms with E-state index in [4.69, 9.17) is 0 Å². The maximum atomic E-state index is 12.8. The lowest BCUT2D eigenvalue weighted by atomic mass is 9.88. The lowest BCUT2D eigenvalue weighted by molar-refractivity contribution is -0.138. The van der Waals surface area contributed by atoms with Gasteiger partial charge in [-0.2, -0.15) is 13.2 Å². The van der Waals surface area contributed by atoms with Crippen molar-refractivity contribution in [3.05, 3.63) is 29.6 Å². The summed E-state index contributed by atoms with van der Waals surface area (Å²) in [5.41, 5.74) is -0.932. The van der Waals surface area contributed by atoms with Crippen molar-refractivity contribution < 1.29 is 13.2 Å². The summed E-state index contributed by atoms with van der Waals surface area (Å²) in [6, 6.07) is 1.04. The summed E-state index contributed by atoms with van der Waals surface area (Å²) < 4.78 is 38.4. The zero-order valence-electron chi connectivity index (χ0n) is 8.93. The van der Waals surface area contributed by atoms with Gasteiger partial charge in [-0.15, -0.1) is 0 Å². The van der Waals surface area contributed by atoms with Gasteiger partial charge in [0.25, 0.3) is 0 Å². The first-order valence-electron chi connectivity index (χ1n) is 5.20. The van der Waals surface area contributed by atoms with Crippen LogP contribution in [0.25, 0.3) is 0 Å². The molecule has 0 spiro atoms. The van der Waals surface area contributed by atoms with Crippen molar-refractivity contribution in [2.45, 2.75) is 31.5 Å². The maximum Gasteiger partial charge on any atom is 0.416 e. The molecule has 2 nitrogen and oxygen atoms in total. The average Bonchev–Trinajstić information content (AvgIpc) is 2.65. The normalized spacial score (nSPS) is 26.0. The van der Waals surface area contributed by atoms with Gasteiger partial charge < -0.3 is 5.32 Å². The number of rotatable bonds is 1. The molecule has 1 saturated heterocycles. The minimum Gasteiger partial charge on any atom is -0.308 e. The van der Waals surface area contributed by atoms with Gasteiger partial charge in [-0.05, 0) is 32.4 Å². The molecule has 16 heavy (non-hydrogen) atoms. The molecule has 1 atom stereocenters. The highest BCUT2D eigenvalue weighted by molar-refractivity contribution is 5.33. The first-order chi connectivity index (χ1) is 7.43. The molecule has 1 aliphatic heterocycles. The van der Waals surface area contributed by atoms with E-state index in [0.29, 0.717) is 6.42 Å². The van der Waals surface area contributed by atoms with Gasteiger partial charge in [-0.1, -0.05) is 0 Å². The van der Waals surface area contributed by atoms with E-state index in [-0.39, 0.29) is 5.56 Å². The molecule has 5 heteroatoms. The van der Waals surface area contributed by atoms with E-state index in [1.165, 1.54) is 12.4 Å². The van der Waals surface area contributed by atoms with Crippen LogP contribution in [0.2, 0.25) is 0 Å². The van der Waals surface area contributed by atoms with Gasteiger partial charge in [0.15, 0.2) is 0 Å². The number of aromatic nitrogens is 1. The van der Waals surface area contributed by atoms with Crippen LogP contribution in [0.1, 0.15) is 30.9 Å². The summed E-state index contributed by atoms with van der Waals surface area (Å²) in [4.78, 5) is 3.81. The van der Waals surface area contributed by atoms with E-state index in [0.717, 1.165) is 19.0 Å². The van der Waals surface area contributed by atoms with Gasteiger partial charge in [-0.25, -0.2) is 0 Å². The first-order valence-corrected chi connectivity index (χ1v) is 5.20. The largest absolute Gasteiger partial charge is 0.416 e. The number of nitrogens with one attached hydrogen (secondary N) is 1. The van der Waals surface area contributed by atoms with Crippen LogP contribution in [0.3, 0.4) is 0 Å². The number of halogens is 3. The molecule has 1 aromatic rings. The van der Waals surface area contributed by atoms with E-state index >= 15 is 0 Å². The van der Waals surface area contributed by atoms with Crippen LogP contribution in [0.4, 0.5) is 13.2 Å². The van der Waals surface area contributed by atoms with Crippen molar-refractivity contribution in [2.24, 2.45) is 0 Å². The maximum absolute atomic E-state index is 12.8. The van der Waals surface area contributed by atoms with Crippen molar-refractivity contribution in [3.8, 4) is 0 Å². The quantitative estimate of drug-likeness (QED) is 0.802. The number of pyridine rings is 1. The van der Waals surface area contributed by atoms with Gasteiger partial charge >= 0.3 is 6.18 Å². The van der Waals surface area contributed by atoms with Crippen molar-refractivity contribution in [1.29, 1.82) is 0 Å². The summed E-state index contributed by atoms with van der Waals surface area (Å²) in [6.45, 7) is 2.55. The van der Waals surface area contributed by atoms with E-state index in [9.17, 15) is 13.2 Å². The molecule has 1 aromatic heterocycles. The fourth-order valence-corrected chi connectivity index (χ4v) is 2.21. The minimum atomic E-state index is -4.31. The van der Waals surface area contributed by atoms with Gasteiger partial charge in [0, 0.05) is 23.5 Å². The highest BCUT2D eigenvalue weighted by Gasteiger charge is 2.40. The van der Waals surface area contributed by atoms with Crippen LogP contribution in [0, 0.1) is 0 Å². The van der Waals surface area contributed by atoms with E-state index in [2.05, 4.69) is 10.3 Å². The van der Waals surface area contributed by atoms with Crippen LogP contribution < -0.4 is 5.32 Å². The predicted molar refractivity (Wildman–Crippen MR) is 53.8 cm³/mol. The molecule has 0 aromatic carbocycles. The van der Waals surface area contributed by atoms with Crippen LogP contribution in [-0.4, -0.2) is 11.5 Å². The second kappa shape index (κ2) is 3.73. The standard InChI is InChI=1S/C11H13F3N2/c1-10(4-2-5-16-10)9-7-15-6-3-8(9)11(12,13)14/h3,6-7,16H,2,4-5H2,1H3. The molecule has 1 aliphatic rings. The second-order valence-electron chi connectivity index (χ2n) is 4.28. The molecule has 1 fully saturated rings. The Morgan fingerprint density at radius 3 is 2.75 bits per heavy atom. The Balaban J connectivity index is 2.48. The third-order valence-corrected chi connectivity index (χ3v) is 3.09. The summed E-state index contributed by atoms with van der Waals surface area (Å²) in [6.07, 6.45) is -0.207. The van der Waals surface area contributed by atoms with Crippen molar-refractivity contribution in [1.82, 2.24) is 10.3 Å². The highest BCUT2D eigenvalue weighted by Crippen LogP contribution is 2.39. The number of hydrogen-bond acceptors (Lipinski definition) is 2. The molecule has 0 bridgehead atoms. The van der Waals surface area contributed by atoms with Gasteiger partial charge in [0.2, 0.25) is 0 Å². The Morgan fingerprint density at radius 2 is 2.19 bits per heavy atom. The van der Waals surface area contributed by atoms with Gasteiger partial charge in [0.1, 0.15) is 0 Å². The number of hydrogen-bond donors (Lipinski definition) is 1. The molecule has 2 heterocycles. The molecule has 88 valence electrons.